The molecule has 5 heteroatoms. The molecule has 6 aromatic carbocycles. The third-order valence-electron chi connectivity index (χ3n) is 11.6. The topological polar surface area (TPSA) is 38.9 Å². The summed E-state index contributed by atoms with van der Waals surface area (Å²) < 4.78 is 25.4. The SMILES string of the molecule is Cc1cc(-c2[c-]cc(-c3ccccc3)c(-c3ccccc3)c2)nc[c]1[Ge]([CH3])([CH3])[CH3].[2H]C([2H])(c1ccnc(-c2[c-]ccc3c2oc2cc(-c4ccccc4)ccc23)c1)C1CCCC1.[Ir]. The summed E-state index contributed by atoms with van der Waals surface area (Å²) in [7, 11) is 0. The first-order valence-corrected chi connectivity index (χ1v) is 28.4. The molecule has 3 heterocycles. The Balaban J connectivity index is 0.000000172. The Morgan fingerprint density at radius 1 is 0.672 bits per heavy atom. The van der Waals surface area contributed by atoms with Gasteiger partial charge in [-0.05, 0) is 41.2 Å². The van der Waals surface area contributed by atoms with Gasteiger partial charge < -0.3 is 9.40 Å². The van der Waals surface area contributed by atoms with Gasteiger partial charge >= 0.3 is 177 Å². The van der Waals surface area contributed by atoms with Crippen LogP contribution in [0.5, 0.6) is 0 Å². The number of pyridine rings is 2. The van der Waals surface area contributed by atoms with E-state index in [0.29, 0.717) is 11.3 Å². The third-order valence-corrected chi connectivity index (χ3v) is 16.1. The Labute approximate surface area is 379 Å². The number of hydrogen-bond acceptors (Lipinski definition) is 3. The Hall–Kier alpha value is -5.39. The van der Waals surface area contributed by atoms with Crippen LogP contribution in [0.1, 0.15) is 39.6 Å². The van der Waals surface area contributed by atoms with Crippen LogP contribution < -0.4 is 4.40 Å². The zero-order chi connectivity index (χ0) is 42.8. The zero-order valence-electron chi connectivity index (χ0n) is 37.1. The minimum absolute atomic E-state index is 0. The molecule has 1 fully saturated rings. The quantitative estimate of drug-likeness (QED) is 0.112. The van der Waals surface area contributed by atoms with Gasteiger partial charge in [0.2, 0.25) is 0 Å². The molecule has 0 atom stereocenters. The Morgan fingerprint density at radius 3 is 2.02 bits per heavy atom. The van der Waals surface area contributed by atoms with Crippen LogP contribution in [-0.4, -0.2) is 23.2 Å². The van der Waals surface area contributed by atoms with Crippen LogP contribution >= 0.6 is 0 Å². The number of hydrogen-bond donors (Lipinski definition) is 0. The number of rotatable bonds is 8. The molecule has 1 aliphatic rings. The van der Waals surface area contributed by atoms with Crippen LogP contribution in [0.2, 0.25) is 17.3 Å². The summed E-state index contributed by atoms with van der Waals surface area (Å²) in [5.74, 6) is 7.31. The smallest absolute Gasteiger partial charge is 0.121 e. The normalized spacial score (nSPS) is 13.6. The largest absolute Gasteiger partial charge is 0.501 e. The first kappa shape index (κ1) is 39.7. The molecular formula is C56H50GeIrN2O-2. The number of fused-ring (bicyclic) bond motifs is 3. The van der Waals surface area contributed by atoms with Gasteiger partial charge in [0.1, 0.15) is 5.58 Å². The van der Waals surface area contributed by atoms with E-state index < -0.39 is 19.6 Å². The van der Waals surface area contributed by atoms with E-state index in [-0.39, 0.29) is 26.0 Å². The molecule has 0 aliphatic heterocycles. The molecule has 9 aromatic rings. The molecular weight excluding hydrogens is 981 g/mol. The maximum atomic E-state index is 8.78. The predicted molar refractivity (Wildman–Crippen MR) is 254 cm³/mol. The summed E-state index contributed by atoms with van der Waals surface area (Å²) in [5, 5.41) is 2.07. The fraction of sp³-hybridized carbons (Fsp3) is 0.179. The first-order valence-electron chi connectivity index (χ1n) is 22.1. The van der Waals surface area contributed by atoms with Crippen molar-refractivity contribution in [3.63, 3.8) is 0 Å². The van der Waals surface area contributed by atoms with E-state index in [1.54, 1.807) is 6.20 Å². The Bertz CT molecular complexity index is 2990. The predicted octanol–water partition coefficient (Wildman–Crippen LogP) is 14.6. The fourth-order valence-corrected chi connectivity index (χ4v) is 12.1. The van der Waals surface area contributed by atoms with Crippen LogP contribution in [-0.2, 0) is 26.5 Å². The number of aryl methyl sites for hydroxylation is 1. The van der Waals surface area contributed by atoms with Gasteiger partial charge in [0, 0.05) is 34.4 Å². The number of furan rings is 1. The van der Waals surface area contributed by atoms with Crippen molar-refractivity contribution in [1.29, 1.82) is 0 Å². The summed E-state index contributed by atoms with van der Waals surface area (Å²) in [6.07, 6.45) is 6.56. The standard InChI is InChI=1S/C29H24NO.C27H26GeN.Ir/c1-2-9-22(10-3-1)23-13-14-24-25-11-6-12-26(29(25)31-28(24)19-23)27-18-21(15-16-30-27)17-20-7-4-5-8-20;1-20-17-27(29-19-26(20)28(2,3)4)23-15-16-24(21-11-7-5-8-12-21)25(18-23)22-13-9-6-10-14-22;/h1-3,6,9-11,13-16,18-20H,4-5,7-8,17H2;5-14,16-19H,1-4H3;/q2*-1;/i17D2;;. The van der Waals surface area contributed by atoms with E-state index >= 15 is 0 Å². The number of benzene rings is 6. The minimum Gasteiger partial charge on any atom is -0.501 e. The maximum absolute atomic E-state index is 8.78. The van der Waals surface area contributed by atoms with Gasteiger partial charge in [-0.2, -0.15) is 0 Å². The van der Waals surface area contributed by atoms with Crippen LogP contribution in [0, 0.1) is 25.0 Å². The molecule has 1 saturated carbocycles. The summed E-state index contributed by atoms with van der Waals surface area (Å²) in [6.45, 7) is 2.22. The molecule has 1 aliphatic carbocycles. The van der Waals surface area contributed by atoms with E-state index in [1.807, 2.05) is 42.5 Å². The van der Waals surface area contributed by atoms with Crippen molar-refractivity contribution in [2.24, 2.45) is 5.92 Å². The van der Waals surface area contributed by atoms with Gasteiger partial charge in [-0.15, -0.1) is 18.2 Å². The monoisotopic (exact) mass is 1040 g/mol. The zero-order valence-corrected chi connectivity index (χ0v) is 39.6. The van der Waals surface area contributed by atoms with E-state index in [0.717, 1.165) is 75.6 Å². The molecule has 0 bridgehead atoms. The van der Waals surface area contributed by atoms with Crippen molar-refractivity contribution in [2.75, 3.05) is 0 Å². The second kappa shape index (κ2) is 18.7. The Kier molecular flexibility index (Phi) is 12.2. The van der Waals surface area contributed by atoms with Crippen molar-refractivity contribution in [2.45, 2.75) is 56.2 Å². The molecule has 0 unspecified atom stereocenters. The molecule has 10 rings (SSSR count). The average Bonchev–Trinajstić information content (AvgIpc) is 3.99. The minimum atomic E-state index is -1.91. The molecule has 3 nitrogen and oxygen atoms in total. The van der Waals surface area contributed by atoms with Crippen LogP contribution in [0.25, 0.3) is 77.8 Å². The molecule has 0 N–H and O–H groups in total. The molecule has 0 amide bonds. The molecule has 0 saturated heterocycles. The summed E-state index contributed by atoms with van der Waals surface area (Å²) in [5.41, 5.74) is 14.2. The molecule has 1 radical (unpaired) electrons. The third kappa shape index (κ3) is 9.43. The van der Waals surface area contributed by atoms with E-state index in [9.17, 15) is 0 Å². The maximum Gasteiger partial charge on any atom is 0.121 e. The van der Waals surface area contributed by atoms with Gasteiger partial charge in [0.25, 0.3) is 0 Å². The van der Waals surface area contributed by atoms with E-state index in [4.69, 9.17) is 12.1 Å². The summed E-state index contributed by atoms with van der Waals surface area (Å²) in [4.78, 5) is 9.41. The van der Waals surface area contributed by atoms with Gasteiger partial charge in [-0.3, -0.25) is 0 Å². The van der Waals surface area contributed by atoms with Gasteiger partial charge in [0.15, 0.2) is 0 Å². The molecule has 61 heavy (non-hydrogen) atoms. The number of nitrogens with zero attached hydrogens (tertiary/aromatic N) is 2. The molecule has 3 aromatic heterocycles. The second-order valence-corrected chi connectivity index (χ2v) is 27.4. The summed E-state index contributed by atoms with van der Waals surface area (Å²) in [6, 6.07) is 58.7. The van der Waals surface area contributed by atoms with Crippen molar-refractivity contribution >= 4 is 39.6 Å². The van der Waals surface area contributed by atoms with Crippen molar-refractivity contribution < 1.29 is 27.3 Å². The van der Waals surface area contributed by atoms with Crippen LogP contribution in [0.4, 0.5) is 0 Å². The molecule has 0 spiro atoms. The van der Waals surface area contributed by atoms with Gasteiger partial charge in [-0.25, -0.2) is 0 Å². The fourth-order valence-electron chi connectivity index (χ4n) is 8.55. The molecule has 305 valence electrons. The summed E-state index contributed by atoms with van der Waals surface area (Å²) >= 11 is -1.91. The van der Waals surface area contributed by atoms with Gasteiger partial charge in [0.05, 0.1) is 5.58 Å². The first-order chi connectivity index (χ1) is 30.0. The number of aromatic nitrogens is 2. The van der Waals surface area contributed by atoms with E-state index in [1.165, 1.54) is 32.2 Å². The average molecular weight is 1030 g/mol. The Morgan fingerprint density at radius 2 is 1.34 bits per heavy atom. The van der Waals surface area contributed by atoms with Crippen molar-refractivity contribution in [3.8, 4) is 55.9 Å². The van der Waals surface area contributed by atoms with Crippen LogP contribution in [0.15, 0.2) is 168 Å². The van der Waals surface area contributed by atoms with Crippen LogP contribution in [0.3, 0.4) is 0 Å². The van der Waals surface area contributed by atoms with Crippen molar-refractivity contribution in [1.82, 2.24) is 9.97 Å². The van der Waals surface area contributed by atoms with Gasteiger partial charge in [-0.1, -0.05) is 90.7 Å². The van der Waals surface area contributed by atoms with Crippen molar-refractivity contribution in [3.05, 3.63) is 187 Å². The second-order valence-electron chi connectivity index (χ2n) is 16.9. The van der Waals surface area contributed by atoms with E-state index in [2.05, 4.69) is 157 Å².